The summed E-state index contributed by atoms with van der Waals surface area (Å²) >= 11 is 1.65. The summed E-state index contributed by atoms with van der Waals surface area (Å²) in [6.45, 7) is 5.25. The topological polar surface area (TPSA) is 48.1 Å². The molecule has 3 nitrogen and oxygen atoms in total. The number of hydrogen-bond acceptors (Lipinski definition) is 4. The third-order valence-electron chi connectivity index (χ3n) is 3.74. The van der Waals surface area contributed by atoms with Gasteiger partial charge in [-0.15, -0.1) is 11.3 Å². The third kappa shape index (κ3) is 3.28. The Morgan fingerprint density at radius 2 is 2.00 bits per heavy atom. The normalized spacial score (nSPS) is 10.7. The van der Waals surface area contributed by atoms with Gasteiger partial charge in [0.05, 0.1) is 12.3 Å². The minimum atomic E-state index is 0.521. The van der Waals surface area contributed by atoms with E-state index in [4.69, 9.17) is 15.5 Å². The van der Waals surface area contributed by atoms with Crippen LogP contribution in [0, 0.1) is 6.92 Å². The van der Waals surface area contributed by atoms with Crippen molar-refractivity contribution in [2.75, 3.05) is 6.61 Å². The van der Waals surface area contributed by atoms with E-state index in [0.717, 1.165) is 38.7 Å². The molecule has 0 bridgehead atoms. The van der Waals surface area contributed by atoms with Gasteiger partial charge in [-0.2, -0.15) is 0 Å². The van der Waals surface area contributed by atoms with Gasteiger partial charge in [0.15, 0.2) is 0 Å². The SMILES string of the molecule is CCOc1ccc(-c2csc(-c3ccccc3CN)n2)cc1C. The summed E-state index contributed by atoms with van der Waals surface area (Å²) in [6.07, 6.45) is 0. The quantitative estimate of drug-likeness (QED) is 0.743. The molecule has 0 spiro atoms. The Morgan fingerprint density at radius 3 is 2.74 bits per heavy atom. The van der Waals surface area contributed by atoms with Crippen LogP contribution in [-0.2, 0) is 6.54 Å². The van der Waals surface area contributed by atoms with E-state index < -0.39 is 0 Å². The fourth-order valence-corrected chi connectivity index (χ4v) is 3.45. The lowest BCUT2D eigenvalue weighted by molar-refractivity contribution is 0.338. The van der Waals surface area contributed by atoms with Crippen molar-refractivity contribution in [2.24, 2.45) is 5.73 Å². The Bertz CT molecular complexity index is 811. The predicted molar refractivity (Wildman–Crippen MR) is 96.8 cm³/mol. The lowest BCUT2D eigenvalue weighted by Gasteiger charge is -2.08. The average Bonchev–Trinajstić information content (AvgIpc) is 3.06. The average molecular weight is 324 g/mol. The summed E-state index contributed by atoms with van der Waals surface area (Å²) in [7, 11) is 0. The Labute approximate surface area is 140 Å². The molecule has 3 aromatic rings. The highest BCUT2D eigenvalue weighted by Gasteiger charge is 2.10. The molecule has 0 aliphatic heterocycles. The van der Waals surface area contributed by atoms with Crippen LogP contribution in [0.4, 0.5) is 0 Å². The van der Waals surface area contributed by atoms with E-state index in [-0.39, 0.29) is 0 Å². The van der Waals surface area contributed by atoms with Crippen molar-refractivity contribution < 1.29 is 4.74 Å². The molecule has 3 rings (SSSR count). The minimum Gasteiger partial charge on any atom is -0.494 e. The second kappa shape index (κ2) is 6.94. The number of thiazole rings is 1. The molecule has 0 fully saturated rings. The van der Waals surface area contributed by atoms with Gasteiger partial charge in [-0.3, -0.25) is 0 Å². The van der Waals surface area contributed by atoms with Crippen molar-refractivity contribution >= 4 is 11.3 Å². The molecule has 0 aliphatic rings. The maximum absolute atomic E-state index is 5.83. The summed E-state index contributed by atoms with van der Waals surface area (Å²) in [6, 6.07) is 14.4. The van der Waals surface area contributed by atoms with E-state index in [2.05, 4.69) is 36.6 Å². The fraction of sp³-hybridized carbons (Fsp3) is 0.211. The van der Waals surface area contributed by atoms with E-state index >= 15 is 0 Å². The van der Waals surface area contributed by atoms with E-state index in [1.165, 1.54) is 0 Å². The number of ether oxygens (including phenoxy) is 1. The summed E-state index contributed by atoms with van der Waals surface area (Å²) in [5, 5.41) is 3.10. The minimum absolute atomic E-state index is 0.521. The third-order valence-corrected chi connectivity index (χ3v) is 4.62. The van der Waals surface area contributed by atoms with Crippen molar-refractivity contribution in [1.82, 2.24) is 4.98 Å². The molecule has 0 saturated carbocycles. The van der Waals surface area contributed by atoms with Gasteiger partial charge in [-0.25, -0.2) is 4.98 Å². The van der Waals surface area contributed by atoms with Gasteiger partial charge in [-0.05, 0) is 43.2 Å². The van der Waals surface area contributed by atoms with Gasteiger partial charge in [0.2, 0.25) is 0 Å². The largest absolute Gasteiger partial charge is 0.494 e. The molecule has 0 radical (unpaired) electrons. The van der Waals surface area contributed by atoms with Gasteiger partial charge in [0.25, 0.3) is 0 Å². The van der Waals surface area contributed by atoms with E-state index in [1.807, 2.05) is 25.1 Å². The first-order valence-electron chi connectivity index (χ1n) is 7.70. The molecule has 2 N–H and O–H groups in total. The van der Waals surface area contributed by atoms with Crippen molar-refractivity contribution in [1.29, 1.82) is 0 Å². The van der Waals surface area contributed by atoms with Crippen molar-refractivity contribution in [3.8, 4) is 27.6 Å². The Balaban J connectivity index is 1.94. The lowest BCUT2D eigenvalue weighted by Crippen LogP contribution is -1.98. The standard InChI is InChI=1S/C19H20N2OS/c1-3-22-18-9-8-14(10-13(18)2)17-12-23-19(21-17)16-7-5-4-6-15(16)11-20/h4-10,12H,3,11,20H2,1-2H3. The van der Waals surface area contributed by atoms with Crippen molar-refractivity contribution in [3.63, 3.8) is 0 Å². The lowest BCUT2D eigenvalue weighted by atomic mass is 10.1. The van der Waals surface area contributed by atoms with E-state index in [0.29, 0.717) is 13.2 Å². The molecule has 118 valence electrons. The smallest absolute Gasteiger partial charge is 0.124 e. The zero-order valence-corrected chi connectivity index (χ0v) is 14.2. The fourth-order valence-electron chi connectivity index (χ4n) is 2.56. The zero-order valence-electron chi connectivity index (χ0n) is 13.4. The summed E-state index contributed by atoms with van der Waals surface area (Å²) < 4.78 is 5.60. The van der Waals surface area contributed by atoms with Gasteiger partial charge < -0.3 is 10.5 Å². The molecule has 4 heteroatoms. The van der Waals surface area contributed by atoms with Gasteiger partial charge in [-0.1, -0.05) is 24.3 Å². The Hall–Kier alpha value is -2.17. The molecule has 0 amide bonds. The van der Waals surface area contributed by atoms with E-state index in [1.54, 1.807) is 11.3 Å². The maximum atomic E-state index is 5.83. The molecule has 1 heterocycles. The highest BCUT2D eigenvalue weighted by Crippen LogP contribution is 2.32. The first kappa shape index (κ1) is 15.7. The zero-order chi connectivity index (χ0) is 16.2. The molecule has 1 aromatic heterocycles. The van der Waals surface area contributed by atoms with Crippen LogP contribution in [0.3, 0.4) is 0 Å². The molecule has 23 heavy (non-hydrogen) atoms. The molecular formula is C19H20N2OS. The summed E-state index contributed by atoms with van der Waals surface area (Å²) in [5.74, 6) is 0.931. The van der Waals surface area contributed by atoms with Crippen LogP contribution < -0.4 is 10.5 Å². The number of nitrogens with two attached hydrogens (primary N) is 1. The number of hydrogen-bond donors (Lipinski definition) is 1. The number of nitrogens with zero attached hydrogens (tertiary/aromatic N) is 1. The number of rotatable bonds is 5. The first-order chi connectivity index (χ1) is 11.2. The maximum Gasteiger partial charge on any atom is 0.124 e. The van der Waals surface area contributed by atoms with Gasteiger partial charge >= 0.3 is 0 Å². The van der Waals surface area contributed by atoms with Crippen LogP contribution in [0.5, 0.6) is 5.75 Å². The molecule has 0 atom stereocenters. The summed E-state index contributed by atoms with van der Waals surface area (Å²) in [5.41, 5.74) is 11.3. The van der Waals surface area contributed by atoms with Crippen LogP contribution in [0.25, 0.3) is 21.8 Å². The number of benzene rings is 2. The highest BCUT2D eigenvalue weighted by atomic mass is 32.1. The molecular weight excluding hydrogens is 304 g/mol. The van der Waals surface area contributed by atoms with Crippen LogP contribution in [0.15, 0.2) is 47.8 Å². The predicted octanol–water partition coefficient (Wildman–Crippen LogP) is 4.64. The second-order valence-corrected chi connectivity index (χ2v) is 6.17. The van der Waals surface area contributed by atoms with Crippen LogP contribution in [0.1, 0.15) is 18.1 Å². The molecule has 0 unspecified atom stereocenters. The molecule has 0 saturated heterocycles. The van der Waals surface area contributed by atoms with Crippen LogP contribution >= 0.6 is 11.3 Å². The van der Waals surface area contributed by atoms with Gasteiger partial charge in [0, 0.05) is 23.1 Å². The number of aryl methyl sites for hydroxylation is 1. The van der Waals surface area contributed by atoms with Crippen molar-refractivity contribution in [3.05, 3.63) is 59.0 Å². The first-order valence-corrected chi connectivity index (χ1v) is 8.58. The highest BCUT2D eigenvalue weighted by molar-refractivity contribution is 7.13. The Morgan fingerprint density at radius 1 is 1.17 bits per heavy atom. The van der Waals surface area contributed by atoms with Crippen LogP contribution in [0.2, 0.25) is 0 Å². The molecule has 2 aromatic carbocycles. The van der Waals surface area contributed by atoms with E-state index in [9.17, 15) is 0 Å². The second-order valence-electron chi connectivity index (χ2n) is 5.31. The Kier molecular flexibility index (Phi) is 4.74. The summed E-state index contributed by atoms with van der Waals surface area (Å²) in [4.78, 5) is 4.80. The molecule has 0 aliphatic carbocycles. The van der Waals surface area contributed by atoms with Crippen LogP contribution in [-0.4, -0.2) is 11.6 Å². The van der Waals surface area contributed by atoms with Gasteiger partial charge in [0.1, 0.15) is 10.8 Å². The monoisotopic (exact) mass is 324 g/mol. The van der Waals surface area contributed by atoms with Crippen molar-refractivity contribution in [2.45, 2.75) is 20.4 Å². The number of aromatic nitrogens is 1.